The molecule has 0 fully saturated rings. The van der Waals surface area contributed by atoms with E-state index >= 15 is 0 Å². The van der Waals surface area contributed by atoms with E-state index in [-0.39, 0.29) is 0 Å². The quantitative estimate of drug-likeness (QED) is 0.630. The van der Waals surface area contributed by atoms with Crippen molar-refractivity contribution in [3.8, 4) is 5.75 Å². The summed E-state index contributed by atoms with van der Waals surface area (Å²) < 4.78 is 10.5. The molecule has 112 valence electrons. The summed E-state index contributed by atoms with van der Waals surface area (Å²) >= 11 is 5.87. The van der Waals surface area contributed by atoms with Gasteiger partial charge in [0, 0.05) is 11.4 Å². The number of aryl methyl sites for hydroxylation is 1. The molecule has 0 radical (unpaired) electrons. The Labute approximate surface area is 132 Å². The number of cyclic esters (lactones) is 1. The van der Waals surface area contributed by atoms with Gasteiger partial charge in [-0.2, -0.15) is 0 Å². The molecule has 0 spiro atoms. The highest BCUT2D eigenvalue weighted by atomic mass is 35.5. The third kappa shape index (κ3) is 2.83. The van der Waals surface area contributed by atoms with Crippen LogP contribution < -0.4 is 4.74 Å². The summed E-state index contributed by atoms with van der Waals surface area (Å²) in [5.41, 5.74) is 2.02. The number of fused-ring (bicyclic) bond motifs is 1. The molecule has 0 aliphatic carbocycles. The first kappa shape index (κ1) is 14.6. The van der Waals surface area contributed by atoms with Crippen LogP contribution in [-0.4, -0.2) is 18.0 Å². The Hall–Kier alpha value is -2.33. The van der Waals surface area contributed by atoms with Gasteiger partial charge in [0.2, 0.25) is 6.10 Å². The van der Waals surface area contributed by atoms with E-state index in [1.54, 1.807) is 37.3 Å². The molecular formula is C17H13ClO4. The lowest BCUT2D eigenvalue weighted by atomic mass is 9.99. The largest absolute Gasteiger partial charge is 0.446 e. The van der Waals surface area contributed by atoms with Gasteiger partial charge in [-0.05, 0) is 42.3 Å². The van der Waals surface area contributed by atoms with Crippen molar-refractivity contribution in [3.63, 3.8) is 0 Å². The van der Waals surface area contributed by atoms with Crippen molar-refractivity contribution in [2.24, 2.45) is 0 Å². The Kier molecular flexibility index (Phi) is 3.86. The maximum Gasteiger partial charge on any atom is 0.353 e. The van der Waals surface area contributed by atoms with Gasteiger partial charge in [-0.3, -0.25) is 0 Å². The number of carbonyl (C=O) groups excluding carboxylic acids is 2. The van der Waals surface area contributed by atoms with Crippen LogP contribution in [0.5, 0.6) is 5.75 Å². The molecule has 0 amide bonds. The van der Waals surface area contributed by atoms with Crippen molar-refractivity contribution in [1.82, 2.24) is 0 Å². The van der Waals surface area contributed by atoms with Gasteiger partial charge in [0.15, 0.2) is 0 Å². The summed E-state index contributed by atoms with van der Waals surface area (Å²) in [6.45, 7) is 1.79. The second-order valence-electron chi connectivity index (χ2n) is 5.09. The number of hydrogen-bond acceptors (Lipinski definition) is 4. The lowest BCUT2D eigenvalue weighted by molar-refractivity contribution is -0.144. The van der Waals surface area contributed by atoms with Gasteiger partial charge in [0.1, 0.15) is 5.75 Å². The fraction of sp³-hybridized carbons (Fsp3) is 0.176. The molecule has 22 heavy (non-hydrogen) atoms. The van der Waals surface area contributed by atoms with Gasteiger partial charge in [0.25, 0.3) is 0 Å². The minimum absolute atomic E-state index is 0.313. The number of ether oxygens (including phenoxy) is 2. The van der Waals surface area contributed by atoms with Crippen molar-refractivity contribution in [2.45, 2.75) is 19.4 Å². The molecule has 1 aliphatic heterocycles. The zero-order valence-electron chi connectivity index (χ0n) is 11.8. The highest BCUT2D eigenvalue weighted by molar-refractivity contribution is 6.30. The number of halogens is 1. The molecule has 2 aromatic carbocycles. The average molecular weight is 317 g/mol. The minimum Gasteiger partial charge on any atom is -0.446 e. The van der Waals surface area contributed by atoms with Crippen molar-refractivity contribution in [1.29, 1.82) is 0 Å². The Bertz CT molecular complexity index is 754. The second-order valence-corrected chi connectivity index (χ2v) is 5.52. The van der Waals surface area contributed by atoms with Crippen molar-refractivity contribution in [3.05, 3.63) is 64.2 Å². The van der Waals surface area contributed by atoms with Gasteiger partial charge in [-0.1, -0.05) is 29.8 Å². The first-order chi connectivity index (χ1) is 10.5. The highest BCUT2D eigenvalue weighted by Crippen LogP contribution is 2.25. The van der Waals surface area contributed by atoms with E-state index in [0.29, 0.717) is 22.8 Å². The molecule has 1 aliphatic rings. The summed E-state index contributed by atoms with van der Waals surface area (Å²) in [7, 11) is 0. The number of rotatable bonds is 2. The SMILES string of the molecule is Cc1cc(Cl)ccc1OC(=O)C1Cc2ccccc2C(=O)O1. The zero-order valence-corrected chi connectivity index (χ0v) is 12.6. The van der Waals surface area contributed by atoms with Gasteiger partial charge in [-0.15, -0.1) is 0 Å². The number of esters is 2. The molecule has 0 saturated heterocycles. The molecule has 1 atom stereocenters. The van der Waals surface area contributed by atoms with Crippen LogP contribution in [0.15, 0.2) is 42.5 Å². The molecule has 0 aromatic heterocycles. The fourth-order valence-corrected chi connectivity index (χ4v) is 2.59. The van der Waals surface area contributed by atoms with Crippen LogP contribution in [-0.2, 0) is 16.0 Å². The highest BCUT2D eigenvalue weighted by Gasteiger charge is 2.32. The smallest absolute Gasteiger partial charge is 0.353 e. The molecule has 0 N–H and O–H groups in total. The van der Waals surface area contributed by atoms with Gasteiger partial charge in [-0.25, -0.2) is 9.59 Å². The van der Waals surface area contributed by atoms with Crippen LogP contribution in [0, 0.1) is 6.92 Å². The van der Waals surface area contributed by atoms with Crippen LogP contribution in [0.25, 0.3) is 0 Å². The monoisotopic (exact) mass is 316 g/mol. The van der Waals surface area contributed by atoms with Crippen LogP contribution in [0.4, 0.5) is 0 Å². The first-order valence-corrected chi connectivity index (χ1v) is 7.19. The van der Waals surface area contributed by atoms with Gasteiger partial charge in [0.05, 0.1) is 5.56 Å². The van der Waals surface area contributed by atoms with E-state index in [0.717, 1.165) is 11.1 Å². The molecule has 5 heteroatoms. The van der Waals surface area contributed by atoms with E-state index in [9.17, 15) is 9.59 Å². The van der Waals surface area contributed by atoms with E-state index < -0.39 is 18.0 Å². The third-order valence-corrected chi connectivity index (χ3v) is 3.74. The zero-order chi connectivity index (χ0) is 15.7. The summed E-state index contributed by atoms with van der Waals surface area (Å²) in [6.07, 6.45) is -0.620. The minimum atomic E-state index is -0.933. The molecular weight excluding hydrogens is 304 g/mol. The first-order valence-electron chi connectivity index (χ1n) is 6.81. The summed E-state index contributed by atoms with van der Waals surface area (Å²) in [4.78, 5) is 24.1. The fourth-order valence-electron chi connectivity index (χ4n) is 2.36. The second kappa shape index (κ2) is 5.81. The maximum absolute atomic E-state index is 12.2. The normalized spacial score (nSPS) is 16.6. The molecule has 0 bridgehead atoms. The molecule has 3 rings (SSSR count). The summed E-state index contributed by atoms with van der Waals surface area (Å²) in [5.74, 6) is -0.686. The number of hydrogen-bond donors (Lipinski definition) is 0. The Morgan fingerprint density at radius 2 is 2.05 bits per heavy atom. The van der Waals surface area contributed by atoms with Crippen molar-refractivity contribution < 1.29 is 19.1 Å². The van der Waals surface area contributed by atoms with Crippen LogP contribution in [0.1, 0.15) is 21.5 Å². The van der Waals surface area contributed by atoms with Crippen LogP contribution in [0.3, 0.4) is 0 Å². The van der Waals surface area contributed by atoms with E-state index in [1.165, 1.54) is 0 Å². The van der Waals surface area contributed by atoms with Crippen molar-refractivity contribution >= 4 is 23.5 Å². The van der Waals surface area contributed by atoms with E-state index in [1.807, 2.05) is 12.1 Å². The summed E-state index contributed by atoms with van der Waals surface area (Å²) in [5, 5.41) is 0.565. The molecule has 2 aromatic rings. The molecule has 1 unspecified atom stereocenters. The van der Waals surface area contributed by atoms with Gasteiger partial charge >= 0.3 is 11.9 Å². The van der Waals surface area contributed by atoms with Crippen molar-refractivity contribution in [2.75, 3.05) is 0 Å². The van der Waals surface area contributed by atoms with Crippen LogP contribution in [0.2, 0.25) is 5.02 Å². The van der Waals surface area contributed by atoms with E-state index in [2.05, 4.69) is 0 Å². The average Bonchev–Trinajstić information content (AvgIpc) is 2.50. The van der Waals surface area contributed by atoms with E-state index in [4.69, 9.17) is 21.1 Å². The predicted molar refractivity (Wildman–Crippen MR) is 81.2 cm³/mol. The molecule has 1 heterocycles. The number of carbonyl (C=O) groups is 2. The Balaban J connectivity index is 1.78. The third-order valence-electron chi connectivity index (χ3n) is 3.50. The topological polar surface area (TPSA) is 52.6 Å². The predicted octanol–water partition coefficient (Wildman–Crippen LogP) is 3.34. The Morgan fingerprint density at radius 3 is 2.82 bits per heavy atom. The molecule has 0 saturated carbocycles. The van der Waals surface area contributed by atoms with Crippen LogP contribution >= 0.6 is 11.6 Å². The lowest BCUT2D eigenvalue weighted by Crippen LogP contribution is -2.37. The summed E-state index contributed by atoms with van der Waals surface area (Å²) in [6, 6.07) is 12.0. The maximum atomic E-state index is 12.2. The molecule has 4 nitrogen and oxygen atoms in total. The lowest BCUT2D eigenvalue weighted by Gasteiger charge is -2.23. The van der Waals surface area contributed by atoms with Gasteiger partial charge < -0.3 is 9.47 Å². The standard InChI is InChI=1S/C17H13ClO4/c1-10-8-12(18)6-7-14(10)21-17(20)15-9-11-4-2-3-5-13(11)16(19)22-15/h2-8,15H,9H2,1H3. The number of benzene rings is 2. The Morgan fingerprint density at radius 1 is 1.27 bits per heavy atom.